The third kappa shape index (κ3) is 5.77. The molecule has 2 amide bonds. The van der Waals surface area contributed by atoms with E-state index >= 15 is 0 Å². The van der Waals surface area contributed by atoms with Gasteiger partial charge in [-0.1, -0.05) is 78.9 Å². The molecule has 7 nitrogen and oxygen atoms in total. The van der Waals surface area contributed by atoms with Crippen molar-refractivity contribution in [1.82, 2.24) is 5.32 Å². The fraction of sp³-hybridized carbons (Fsp3) is 0.267. The van der Waals surface area contributed by atoms with Crippen molar-refractivity contribution in [2.24, 2.45) is 10.9 Å². The van der Waals surface area contributed by atoms with E-state index in [4.69, 9.17) is 4.74 Å². The fourth-order valence-corrected chi connectivity index (χ4v) is 5.00. The highest BCUT2D eigenvalue weighted by atomic mass is 16.5. The molecule has 3 aromatic carbocycles. The van der Waals surface area contributed by atoms with Crippen LogP contribution in [-0.4, -0.2) is 42.6 Å². The molecule has 3 aromatic rings. The Morgan fingerprint density at radius 2 is 1.62 bits per heavy atom. The van der Waals surface area contributed by atoms with Gasteiger partial charge in [0, 0.05) is 23.1 Å². The SMILES string of the molecule is O=C(NC1CCC(C(=O)CN2C(=O)CN=C(c3ccccc3)c3ccccc32)C1)OCc1ccccc1. The summed E-state index contributed by atoms with van der Waals surface area (Å²) >= 11 is 0. The number of hydrogen-bond acceptors (Lipinski definition) is 5. The van der Waals surface area contributed by atoms with Gasteiger partial charge in [0.25, 0.3) is 0 Å². The molecule has 1 fully saturated rings. The number of amides is 2. The van der Waals surface area contributed by atoms with Crippen molar-refractivity contribution in [2.45, 2.75) is 31.9 Å². The summed E-state index contributed by atoms with van der Waals surface area (Å²) in [6.45, 7) is 0.169. The third-order valence-electron chi connectivity index (χ3n) is 6.91. The van der Waals surface area contributed by atoms with Crippen molar-refractivity contribution in [3.8, 4) is 0 Å². The predicted octanol–water partition coefficient (Wildman–Crippen LogP) is 4.53. The molecule has 1 heterocycles. The van der Waals surface area contributed by atoms with Crippen molar-refractivity contribution in [2.75, 3.05) is 18.0 Å². The van der Waals surface area contributed by atoms with Crippen molar-refractivity contribution in [3.63, 3.8) is 0 Å². The molecular formula is C30H29N3O4. The first-order valence-electron chi connectivity index (χ1n) is 12.6. The van der Waals surface area contributed by atoms with Gasteiger partial charge in [0.2, 0.25) is 5.91 Å². The summed E-state index contributed by atoms with van der Waals surface area (Å²) < 4.78 is 5.32. The highest BCUT2D eigenvalue weighted by Gasteiger charge is 2.34. The smallest absolute Gasteiger partial charge is 0.407 e. The lowest BCUT2D eigenvalue weighted by atomic mass is 9.99. The van der Waals surface area contributed by atoms with Crippen LogP contribution >= 0.6 is 0 Å². The van der Waals surface area contributed by atoms with E-state index in [1.807, 2.05) is 84.9 Å². The number of carbonyl (C=O) groups is 3. The van der Waals surface area contributed by atoms with Gasteiger partial charge >= 0.3 is 6.09 Å². The number of nitrogens with zero attached hydrogens (tertiary/aromatic N) is 2. The van der Waals surface area contributed by atoms with Crippen LogP contribution in [0.25, 0.3) is 0 Å². The van der Waals surface area contributed by atoms with E-state index in [9.17, 15) is 14.4 Å². The normalized spacial score (nSPS) is 19.0. The Kier molecular flexibility index (Phi) is 7.40. The summed E-state index contributed by atoms with van der Waals surface area (Å²) in [6.07, 6.45) is 1.42. The molecule has 1 N–H and O–H groups in total. The maximum absolute atomic E-state index is 13.3. The van der Waals surface area contributed by atoms with Gasteiger partial charge in [-0.2, -0.15) is 0 Å². The predicted molar refractivity (Wildman–Crippen MR) is 142 cm³/mol. The third-order valence-corrected chi connectivity index (χ3v) is 6.91. The minimum absolute atomic E-state index is 0.00623. The number of rotatable bonds is 7. The molecule has 0 bridgehead atoms. The zero-order valence-corrected chi connectivity index (χ0v) is 20.5. The maximum atomic E-state index is 13.3. The van der Waals surface area contributed by atoms with E-state index in [1.165, 1.54) is 0 Å². The number of alkyl carbamates (subject to hydrolysis) is 1. The largest absolute Gasteiger partial charge is 0.445 e. The second-order valence-electron chi connectivity index (χ2n) is 9.41. The van der Waals surface area contributed by atoms with Gasteiger partial charge < -0.3 is 15.0 Å². The average Bonchev–Trinajstić information content (AvgIpc) is 3.35. The number of nitrogens with one attached hydrogen (secondary N) is 1. The molecule has 37 heavy (non-hydrogen) atoms. The molecule has 1 saturated carbocycles. The summed E-state index contributed by atoms with van der Waals surface area (Å²) in [5.74, 6) is -0.436. The first-order chi connectivity index (χ1) is 18.1. The first-order valence-corrected chi connectivity index (χ1v) is 12.6. The fourth-order valence-electron chi connectivity index (χ4n) is 5.00. The van der Waals surface area contributed by atoms with Crippen molar-refractivity contribution in [3.05, 3.63) is 102 Å². The van der Waals surface area contributed by atoms with Crippen LogP contribution in [0.2, 0.25) is 0 Å². The summed E-state index contributed by atoms with van der Waals surface area (Å²) in [5, 5.41) is 2.88. The monoisotopic (exact) mass is 495 g/mol. The molecule has 2 aliphatic rings. The zero-order chi connectivity index (χ0) is 25.6. The highest BCUT2D eigenvalue weighted by molar-refractivity contribution is 6.20. The van der Waals surface area contributed by atoms with Crippen LogP contribution in [0, 0.1) is 5.92 Å². The van der Waals surface area contributed by atoms with Gasteiger partial charge in [-0.15, -0.1) is 0 Å². The van der Waals surface area contributed by atoms with E-state index in [0.29, 0.717) is 24.9 Å². The van der Waals surface area contributed by atoms with E-state index in [0.717, 1.165) is 22.4 Å². The molecule has 0 saturated heterocycles. The molecule has 0 aromatic heterocycles. The van der Waals surface area contributed by atoms with Gasteiger partial charge in [0.1, 0.15) is 13.2 Å². The summed E-state index contributed by atoms with van der Waals surface area (Å²) in [7, 11) is 0. The van der Waals surface area contributed by atoms with Gasteiger partial charge in [0.05, 0.1) is 17.9 Å². The van der Waals surface area contributed by atoms with E-state index in [1.54, 1.807) is 4.90 Å². The number of aliphatic imine (C=N–C) groups is 1. The van der Waals surface area contributed by atoms with Gasteiger partial charge in [-0.25, -0.2) is 4.79 Å². The summed E-state index contributed by atoms with van der Waals surface area (Å²) in [6, 6.07) is 26.7. The highest BCUT2D eigenvalue weighted by Crippen LogP contribution is 2.30. The minimum atomic E-state index is -0.482. The van der Waals surface area contributed by atoms with E-state index < -0.39 is 6.09 Å². The molecule has 7 heteroatoms. The van der Waals surface area contributed by atoms with Crippen LogP contribution in [0.4, 0.5) is 10.5 Å². The van der Waals surface area contributed by atoms with Gasteiger partial charge in [-0.3, -0.25) is 14.6 Å². The molecule has 0 radical (unpaired) electrons. The molecule has 1 aliphatic carbocycles. The Hall–Kier alpha value is -4.26. The summed E-state index contributed by atoms with van der Waals surface area (Å²) in [4.78, 5) is 44.8. The molecule has 5 rings (SSSR count). The maximum Gasteiger partial charge on any atom is 0.407 e. The second-order valence-corrected chi connectivity index (χ2v) is 9.41. The zero-order valence-electron chi connectivity index (χ0n) is 20.5. The lowest BCUT2D eigenvalue weighted by molar-refractivity contribution is -0.124. The van der Waals surface area contributed by atoms with Crippen molar-refractivity contribution in [1.29, 1.82) is 0 Å². The molecule has 188 valence electrons. The standard InChI is InChI=1S/C30H29N3O4/c34-27(23-15-16-24(17-23)32-30(36)37-20-21-9-3-1-4-10-21)19-33-26-14-8-7-13-25(26)29(31-18-28(33)35)22-11-5-2-6-12-22/h1-14,23-24H,15-20H2,(H,32,36). The average molecular weight is 496 g/mol. The topological polar surface area (TPSA) is 88.1 Å². The quantitative estimate of drug-likeness (QED) is 0.522. The second kappa shape index (κ2) is 11.2. The number of carbonyl (C=O) groups excluding carboxylic acids is 3. The van der Waals surface area contributed by atoms with Crippen LogP contribution in [0.5, 0.6) is 0 Å². The van der Waals surface area contributed by atoms with Gasteiger partial charge in [-0.05, 0) is 30.9 Å². The molecule has 2 atom stereocenters. The number of benzodiazepines with no additional fused rings is 1. The van der Waals surface area contributed by atoms with Crippen molar-refractivity contribution >= 4 is 29.2 Å². The Balaban J connectivity index is 1.22. The lowest BCUT2D eigenvalue weighted by Crippen LogP contribution is -2.39. The number of benzene rings is 3. The van der Waals surface area contributed by atoms with Crippen LogP contribution < -0.4 is 10.2 Å². The van der Waals surface area contributed by atoms with Gasteiger partial charge in [0.15, 0.2) is 5.78 Å². The van der Waals surface area contributed by atoms with Crippen molar-refractivity contribution < 1.29 is 19.1 Å². The Bertz CT molecular complexity index is 1310. The van der Waals surface area contributed by atoms with E-state index in [-0.39, 0.29) is 43.3 Å². The lowest BCUT2D eigenvalue weighted by Gasteiger charge is -2.24. The number of Topliss-reactive ketones (excluding diaryl/α,β-unsaturated/α-hetero) is 1. The van der Waals surface area contributed by atoms with Crippen LogP contribution in [0.3, 0.4) is 0 Å². The van der Waals surface area contributed by atoms with E-state index in [2.05, 4.69) is 10.3 Å². The van der Waals surface area contributed by atoms with Crippen LogP contribution in [0.15, 0.2) is 89.9 Å². The molecule has 2 unspecified atom stereocenters. The Morgan fingerprint density at radius 1 is 0.919 bits per heavy atom. The number of fused-ring (bicyclic) bond motifs is 1. The molecule has 0 spiro atoms. The number of ketones is 1. The Labute approximate surface area is 216 Å². The van der Waals surface area contributed by atoms with Crippen LogP contribution in [-0.2, 0) is 20.9 Å². The number of hydrogen-bond donors (Lipinski definition) is 1. The molecular weight excluding hydrogens is 466 g/mol. The number of anilines is 1. The molecule has 1 aliphatic heterocycles. The van der Waals surface area contributed by atoms with Crippen LogP contribution in [0.1, 0.15) is 36.0 Å². The number of ether oxygens (including phenoxy) is 1. The summed E-state index contributed by atoms with van der Waals surface area (Å²) in [5.41, 5.74) is 4.12. The minimum Gasteiger partial charge on any atom is -0.445 e. The number of para-hydroxylation sites is 1. The Morgan fingerprint density at radius 3 is 2.41 bits per heavy atom. The first kappa shape index (κ1) is 24.4.